The van der Waals surface area contributed by atoms with E-state index in [-0.39, 0.29) is 16.4 Å². The lowest BCUT2D eigenvalue weighted by atomic mass is 9.99. The summed E-state index contributed by atoms with van der Waals surface area (Å²) >= 11 is 6.21. The second-order valence-corrected chi connectivity index (χ2v) is 6.51. The number of imidazole rings is 1. The first-order valence-corrected chi connectivity index (χ1v) is 7.38. The number of halogens is 3. The number of benzene rings is 1. The molecule has 1 unspecified atom stereocenters. The SMILES string of the molecule is CC(Cl)c1nc2ccc(F)c(F)c2n1C1(C)CCCC1. The summed E-state index contributed by atoms with van der Waals surface area (Å²) in [6.07, 6.45) is 4.04. The number of rotatable bonds is 2. The van der Waals surface area contributed by atoms with E-state index in [2.05, 4.69) is 11.9 Å². The first-order valence-electron chi connectivity index (χ1n) is 6.95. The van der Waals surface area contributed by atoms with Gasteiger partial charge in [-0.1, -0.05) is 12.8 Å². The number of aromatic nitrogens is 2. The van der Waals surface area contributed by atoms with Crippen molar-refractivity contribution in [2.45, 2.75) is 50.4 Å². The van der Waals surface area contributed by atoms with Gasteiger partial charge in [0.15, 0.2) is 11.6 Å². The maximum Gasteiger partial charge on any atom is 0.184 e. The summed E-state index contributed by atoms with van der Waals surface area (Å²) in [7, 11) is 0. The van der Waals surface area contributed by atoms with Gasteiger partial charge in [0.2, 0.25) is 0 Å². The molecule has 1 aromatic carbocycles. The van der Waals surface area contributed by atoms with Crippen molar-refractivity contribution in [3.63, 3.8) is 0 Å². The van der Waals surface area contributed by atoms with Gasteiger partial charge in [0.25, 0.3) is 0 Å². The second kappa shape index (κ2) is 4.69. The van der Waals surface area contributed by atoms with Crippen LogP contribution in [0.5, 0.6) is 0 Å². The molecule has 108 valence electrons. The van der Waals surface area contributed by atoms with Crippen LogP contribution in [0, 0.1) is 11.6 Å². The van der Waals surface area contributed by atoms with Crippen LogP contribution in [-0.4, -0.2) is 9.55 Å². The van der Waals surface area contributed by atoms with Crippen molar-refractivity contribution in [1.29, 1.82) is 0 Å². The fraction of sp³-hybridized carbons (Fsp3) is 0.533. The molecule has 2 nitrogen and oxygen atoms in total. The largest absolute Gasteiger partial charge is 0.318 e. The van der Waals surface area contributed by atoms with Crippen LogP contribution in [0.3, 0.4) is 0 Å². The Labute approximate surface area is 121 Å². The maximum atomic E-state index is 14.3. The van der Waals surface area contributed by atoms with Crippen molar-refractivity contribution < 1.29 is 8.78 Å². The molecule has 0 amide bonds. The predicted octanol–water partition coefficient (Wildman–Crippen LogP) is 4.90. The Hall–Kier alpha value is -1.16. The van der Waals surface area contributed by atoms with Crippen molar-refractivity contribution in [2.75, 3.05) is 0 Å². The van der Waals surface area contributed by atoms with E-state index < -0.39 is 11.6 Å². The highest BCUT2D eigenvalue weighted by Gasteiger charge is 2.36. The molecule has 0 N–H and O–H groups in total. The van der Waals surface area contributed by atoms with Gasteiger partial charge < -0.3 is 4.57 Å². The molecule has 1 heterocycles. The molecule has 0 radical (unpaired) electrons. The summed E-state index contributed by atoms with van der Waals surface area (Å²) in [5, 5.41) is -0.345. The van der Waals surface area contributed by atoms with E-state index in [9.17, 15) is 8.78 Å². The van der Waals surface area contributed by atoms with Gasteiger partial charge >= 0.3 is 0 Å². The number of nitrogens with zero attached hydrogens (tertiary/aromatic N) is 2. The lowest BCUT2D eigenvalue weighted by molar-refractivity contribution is 0.324. The number of hydrogen-bond acceptors (Lipinski definition) is 1. The zero-order valence-corrected chi connectivity index (χ0v) is 12.3. The summed E-state index contributed by atoms with van der Waals surface area (Å²) in [6.45, 7) is 3.89. The summed E-state index contributed by atoms with van der Waals surface area (Å²) in [5.41, 5.74) is 0.485. The highest BCUT2D eigenvalue weighted by molar-refractivity contribution is 6.20. The van der Waals surface area contributed by atoms with E-state index in [4.69, 9.17) is 11.6 Å². The topological polar surface area (TPSA) is 17.8 Å². The van der Waals surface area contributed by atoms with Gasteiger partial charge in [0.05, 0.1) is 10.9 Å². The highest BCUT2D eigenvalue weighted by atomic mass is 35.5. The standard InChI is InChI=1S/C15H17ClF2N2/c1-9(16)14-19-11-6-5-10(17)12(18)13(11)20(14)15(2)7-3-4-8-15/h5-6,9H,3-4,7-8H2,1-2H3. The first-order chi connectivity index (χ1) is 9.44. The van der Waals surface area contributed by atoms with E-state index in [0.29, 0.717) is 11.3 Å². The van der Waals surface area contributed by atoms with Crippen LogP contribution >= 0.6 is 11.6 Å². The van der Waals surface area contributed by atoms with Gasteiger partial charge in [0, 0.05) is 5.54 Å². The van der Waals surface area contributed by atoms with Crippen LogP contribution in [0.15, 0.2) is 12.1 Å². The minimum absolute atomic E-state index is 0.234. The molecule has 1 aliphatic rings. The zero-order chi connectivity index (χ0) is 14.5. The van der Waals surface area contributed by atoms with Gasteiger partial charge in [-0.2, -0.15) is 0 Å². The molecule has 0 aliphatic heterocycles. The molecule has 1 aromatic heterocycles. The number of alkyl halides is 1. The maximum absolute atomic E-state index is 14.3. The molecule has 0 spiro atoms. The third kappa shape index (κ3) is 1.93. The number of hydrogen-bond donors (Lipinski definition) is 0. The van der Waals surface area contributed by atoms with E-state index in [0.717, 1.165) is 31.7 Å². The van der Waals surface area contributed by atoms with Gasteiger partial charge in [0.1, 0.15) is 11.3 Å². The minimum Gasteiger partial charge on any atom is -0.318 e. The summed E-state index contributed by atoms with van der Waals surface area (Å²) in [6, 6.07) is 2.64. The Morgan fingerprint density at radius 3 is 2.55 bits per heavy atom. The molecule has 0 bridgehead atoms. The molecule has 1 atom stereocenters. The molecular weight excluding hydrogens is 282 g/mol. The Kier molecular flexibility index (Phi) is 3.24. The lowest BCUT2D eigenvalue weighted by Crippen LogP contribution is -2.28. The fourth-order valence-corrected chi connectivity index (χ4v) is 3.44. The Bertz CT molecular complexity index is 657. The smallest absolute Gasteiger partial charge is 0.184 e. The molecule has 1 saturated carbocycles. The molecule has 2 aromatic rings. The van der Waals surface area contributed by atoms with Crippen LogP contribution in [-0.2, 0) is 5.54 Å². The second-order valence-electron chi connectivity index (χ2n) is 5.85. The first kappa shape index (κ1) is 13.8. The van der Waals surface area contributed by atoms with E-state index in [1.807, 2.05) is 11.5 Å². The van der Waals surface area contributed by atoms with Crippen molar-refractivity contribution in [3.8, 4) is 0 Å². The van der Waals surface area contributed by atoms with Gasteiger partial charge in [-0.25, -0.2) is 13.8 Å². The zero-order valence-electron chi connectivity index (χ0n) is 11.6. The summed E-state index contributed by atoms with van der Waals surface area (Å²) in [4.78, 5) is 4.43. The normalized spacial score (nSPS) is 19.6. The van der Waals surface area contributed by atoms with Gasteiger partial charge in [-0.05, 0) is 38.8 Å². The molecule has 5 heteroatoms. The van der Waals surface area contributed by atoms with Crippen molar-refractivity contribution >= 4 is 22.6 Å². The molecule has 20 heavy (non-hydrogen) atoms. The van der Waals surface area contributed by atoms with Crippen molar-refractivity contribution in [2.24, 2.45) is 0 Å². The predicted molar refractivity (Wildman–Crippen MR) is 76.0 cm³/mol. The van der Waals surface area contributed by atoms with Crippen LogP contribution in [0.2, 0.25) is 0 Å². The quantitative estimate of drug-likeness (QED) is 0.721. The Balaban J connectivity index is 2.36. The molecule has 1 fully saturated rings. The fourth-order valence-electron chi connectivity index (χ4n) is 3.29. The minimum atomic E-state index is -0.839. The summed E-state index contributed by atoms with van der Waals surface area (Å²) < 4.78 is 29.7. The van der Waals surface area contributed by atoms with Crippen molar-refractivity contribution in [1.82, 2.24) is 9.55 Å². The molecule has 0 saturated heterocycles. The lowest BCUT2D eigenvalue weighted by Gasteiger charge is -2.29. The van der Waals surface area contributed by atoms with Gasteiger partial charge in [-0.15, -0.1) is 11.6 Å². The average molecular weight is 299 g/mol. The highest BCUT2D eigenvalue weighted by Crippen LogP contribution is 2.41. The van der Waals surface area contributed by atoms with E-state index >= 15 is 0 Å². The van der Waals surface area contributed by atoms with Crippen LogP contribution in [0.4, 0.5) is 8.78 Å². The van der Waals surface area contributed by atoms with Gasteiger partial charge in [-0.3, -0.25) is 0 Å². The third-order valence-corrected chi connectivity index (χ3v) is 4.51. The molecule has 1 aliphatic carbocycles. The van der Waals surface area contributed by atoms with Crippen molar-refractivity contribution in [3.05, 3.63) is 29.6 Å². The Morgan fingerprint density at radius 1 is 1.30 bits per heavy atom. The molecular formula is C15H17ClF2N2. The van der Waals surface area contributed by atoms with E-state index in [1.165, 1.54) is 6.07 Å². The van der Waals surface area contributed by atoms with Crippen LogP contribution < -0.4 is 0 Å². The Morgan fingerprint density at radius 2 is 1.95 bits per heavy atom. The molecule has 3 rings (SSSR count). The van der Waals surface area contributed by atoms with Crippen LogP contribution in [0.1, 0.15) is 50.7 Å². The summed E-state index contributed by atoms with van der Waals surface area (Å²) in [5.74, 6) is -1.05. The third-order valence-electron chi connectivity index (χ3n) is 4.31. The van der Waals surface area contributed by atoms with Crippen LogP contribution in [0.25, 0.3) is 11.0 Å². The number of fused-ring (bicyclic) bond motifs is 1. The monoisotopic (exact) mass is 298 g/mol. The van der Waals surface area contributed by atoms with E-state index in [1.54, 1.807) is 0 Å². The average Bonchev–Trinajstić information content (AvgIpc) is 2.98.